The molecule has 0 aromatic rings. The first kappa shape index (κ1) is 12.8. The van der Waals surface area contributed by atoms with Gasteiger partial charge in [-0.25, -0.2) is 8.78 Å². The average molecular weight is 246 g/mol. The van der Waals surface area contributed by atoms with Crippen LogP contribution >= 0.6 is 0 Å². The van der Waals surface area contributed by atoms with Crippen molar-refractivity contribution in [1.29, 1.82) is 0 Å². The number of hydrogen-bond acceptors (Lipinski definition) is 2. The third kappa shape index (κ3) is 3.65. The van der Waals surface area contributed by atoms with Gasteiger partial charge in [0.15, 0.2) is 0 Å². The minimum absolute atomic E-state index is 0.0138. The molecule has 0 bridgehead atoms. The Morgan fingerprint density at radius 1 is 1.18 bits per heavy atom. The van der Waals surface area contributed by atoms with Crippen LogP contribution in [0.3, 0.4) is 0 Å². The minimum Gasteiger partial charge on any atom is -0.465 e. The fourth-order valence-corrected chi connectivity index (χ4v) is 2.90. The van der Waals surface area contributed by atoms with Crippen molar-refractivity contribution in [1.82, 2.24) is 0 Å². The van der Waals surface area contributed by atoms with Crippen molar-refractivity contribution in [2.24, 2.45) is 11.8 Å². The summed E-state index contributed by atoms with van der Waals surface area (Å²) >= 11 is 0. The first-order valence-corrected chi connectivity index (χ1v) is 6.61. The predicted octanol–water partition coefficient (Wildman–Crippen LogP) is 3.55. The van der Waals surface area contributed by atoms with E-state index in [0.29, 0.717) is 6.42 Å². The van der Waals surface area contributed by atoms with Crippen LogP contribution in [0.1, 0.15) is 51.4 Å². The van der Waals surface area contributed by atoms with Crippen LogP contribution in [0.2, 0.25) is 0 Å². The second-order valence-corrected chi connectivity index (χ2v) is 5.43. The number of rotatable bonds is 3. The topological polar surface area (TPSA) is 26.3 Å². The first-order chi connectivity index (χ1) is 8.07. The summed E-state index contributed by atoms with van der Waals surface area (Å²) < 4.78 is 31.5. The zero-order valence-corrected chi connectivity index (χ0v) is 10.1. The molecule has 4 heteroatoms. The second kappa shape index (κ2) is 5.32. The molecule has 2 aliphatic rings. The summed E-state index contributed by atoms with van der Waals surface area (Å²) in [5.41, 5.74) is 0. The molecular weight excluding hydrogens is 226 g/mol. The van der Waals surface area contributed by atoms with Crippen LogP contribution < -0.4 is 0 Å². The highest BCUT2D eigenvalue weighted by atomic mass is 19.3. The van der Waals surface area contributed by atoms with E-state index >= 15 is 0 Å². The van der Waals surface area contributed by atoms with Crippen molar-refractivity contribution in [3.05, 3.63) is 0 Å². The molecule has 0 aromatic carbocycles. The van der Waals surface area contributed by atoms with Gasteiger partial charge in [0.05, 0.1) is 12.5 Å². The van der Waals surface area contributed by atoms with Crippen molar-refractivity contribution in [3.8, 4) is 0 Å². The van der Waals surface area contributed by atoms with Gasteiger partial charge < -0.3 is 4.74 Å². The maximum absolute atomic E-state index is 13.1. The maximum atomic E-state index is 13.1. The van der Waals surface area contributed by atoms with Gasteiger partial charge in [-0.15, -0.1) is 0 Å². The molecule has 2 fully saturated rings. The summed E-state index contributed by atoms with van der Waals surface area (Å²) in [4.78, 5) is 11.6. The van der Waals surface area contributed by atoms with Crippen LogP contribution in [-0.4, -0.2) is 18.5 Å². The van der Waals surface area contributed by atoms with E-state index in [1.807, 2.05) is 0 Å². The van der Waals surface area contributed by atoms with Crippen LogP contribution in [-0.2, 0) is 9.53 Å². The molecule has 0 amide bonds. The molecule has 2 aliphatic carbocycles. The van der Waals surface area contributed by atoms with E-state index in [2.05, 4.69) is 0 Å². The molecule has 0 unspecified atom stereocenters. The number of alkyl halides is 2. The zero-order chi connectivity index (χ0) is 12.3. The highest BCUT2D eigenvalue weighted by Gasteiger charge is 2.37. The smallest absolute Gasteiger partial charge is 0.308 e. The monoisotopic (exact) mass is 246 g/mol. The molecule has 0 aromatic heterocycles. The van der Waals surface area contributed by atoms with Crippen LogP contribution in [0.25, 0.3) is 0 Å². The Labute approximate surface area is 101 Å². The quantitative estimate of drug-likeness (QED) is 0.712. The van der Waals surface area contributed by atoms with E-state index < -0.39 is 5.92 Å². The third-order valence-electron chi connectivity index (χ3n) is 3.89. The highest BCUT2D eigenvalue weighted by Crippen LogP contribution is 2.37. The highest BCUT2D eigenvalue weighted by molar-refractivity contribution is 5.72. The lowest BCUT2D eigenvalue weighted by Gasteiger charge is -2.28. The predicted molar refractivity (Wildman–Crippen MR) is 59.8 cm³/mol. The molecule has 98 valence electrons. The lowest BCUT2D eigenvalue weighted by molar-refractivity contribution is -0.152. The van der Waals surface area contributed by atoms with E-state index in [4.69, 9.17) is 4.74 Å². The molecule has 17 heavy (non-hydrogen) atoms. The van der Waals surface area contributed by atoms with Crippen molar-refractivity contribution >= 4 is 5.97 Å². The van der Waals surface area contributed by atoms with Crippen molar-refractivity contribution < 1.29 is 18.3 Å². The van der Waals surface area contributed by atoms with Crippen LogP contribution in [0, 0.1) is 11.8 Å². The Bertz CT molecular complexity index is 273. The fourth-order valence-electron chi connectivity index (χ4n) is 2.90. The van der Waals surface area contributed by atoms with Gasteiger partial charge in [-0.3, -0.25) is 4.79 Å². The summed E-state index contributed by atoms with van der Waals surface area (Å²) in [6, 6.07) is 0. The summed E-state index contributed by atoms with van der Waals surface area (Å²) in [7, 11) is 0. The van der Waals surface area contributed by atoms with E-state index in [1.54, 1.807) is 0 Å². The van der Waals surface area contributed by atoms with Gasteiger partial charge in [0.2, 0.25) is 5.92 Å². The van der Waals surface area contributed by atoms with Crippen LogP contribution in [0.4, 0.5) is 8.78 Å². The van der Waals surface area contributed by atoms with Crippen molar-refractivity contribution in [2.75, 3.05) is 6.61 Å². The lowest BCUT2D eigenvalue weighted by Crippen LogP contribution is -2.29. The van der Waals surface area contributed by atoms with Gasteiger partial charge in [0.1, 0.15) is 0 Å². The summed E-state index contributed by atoms with van der Waals surface area (Å²) in [6.07, 6.45) is 5.14. The largest absolute Gasteiger partial charge is 0.465 e. The van der Waals surface area contributed by atoms with Crippen LogP contribution in [0.5, 0.6) is 0 Å². The molecular formula is C13H20F2O2. The molecule has 0 spiro atoms. The SMILES string of the molecule is O=C(OC[C@H]1CCCC(F)(F)C1)C1CCCC1. The zero-order valence-electron chi connectivity index (χ0n) is 10.1. The van der Waals surface area contributed by atoms with Gasteiger partial charge in [-0.05, 0) is 31.6 Å². The molecule has 0 N–H and O–H groups in total. The van der Waals surface area contributed by atoms with Crippen molar-refractivity contribution in [3.63, 3.8) is 0 Å². The Kier molecular flexibility index (Phi) is 4.00. The minimum atomic E-state index is -2.55. The molecule has 0 saturated heterocycles. The average Bonchev–Trinajstić information content (AvgIpc) is 2.78. The Balaban J connectivity index is 1.72. The Morgan fingerprint density at radius 2 is 1.88 bits per heavy atom. The molecule has 2 saturated carbocycles. The third-order valence-corrected chi connectivity index (χ3v) is 3.89. The normalized spacial score (nSPS) is 29.2. The molecule has 0 aliphatic heterocycles. The van der Waals surface area contributed by atoms with Gasteiger partial charge in [0.25, 0.3) is 0 Å². The molecule has 2 rings (SSSR count). The van der Waals surface area contributed by atoms with Gasteiger partial charge >= 0.3 is 5.97 Å². The summed E-state index contributed by atoms with van der Waals surface area (Å²) in [5.74, 6) is -2.84. The number of esters is 1. The van der Waals surface area contributed by atoms with Gasteiger partial charge in [0, 0.05) is 12.8 Å². The van der Waals surface area contributed by atoms with E-state index in [1.165, 1.54) is 0 Å². The second-order valence-electron chi connectivity index (χ2n) is 5.43. The molecule has 0 radical (unpaired) electrons. The molecule has 1 atom stereocenters. The van der Waals surface area contributed by atoms with E-state index in [9.17, 15) is 13.6 Å². The molecule has 2 nitrogen and oxygen atoms in total. The maximum Gasteiger partial charge on any atom is 0.308 e. The first-order valence-electron chi connectivity index (χ1n) is 6.61. The number of ether oxygens (including phenoxy) is 1. The number of carbonyl (C=O) groups is 1. The van der Waals surface area contributed by atoms with E-state index in [0.717, 1.165) is 32.1 Å². The number of carbonyl (C=O) groups excluding carboxylic acids is 1. The van der Waals surface area contributed by atoms with Gasteiger partial charge in [-0.1, -0.05) is 12.8 Å². The molecule has 0 heterocycles. The van der Waals surface area contributed by atoms with Crippen molar-refractivity contribution in [2.45, 2.75) is 57.3 Å². The van der Waals surface area contributed by atoms with E-state index in [-0.39, 0.29) is 37.3 Å². The van der Waals surface area contributed by atoms with Crippen LogP contribution in [0.15, 0.2) is 0 Å². The standard InChI is InChI=1S/C13H20F2O2/c14-13(15)7-3-4-10(8-13)9-17-12(16)11-5-1-2-6-11/h10-11H,1-9H2/t10-/m0/s1. The lowest BCUT2D eigenvalue weighted by atomic mass is 9.87. The van der Waals surface area contributed by atoms with Gasteiger partial charge in [-0.2, -0.15) is 0 Å². The Morgan fingerprint density at radius 3 is 2.53 bits per heavy atom. The number of hydrogen-bond donors (Lipinski definition) is 0. The summed E-state index contributed by atoms with van der Waals surface area (Å²) in [6.45, 7) is 0.185. The number of halogens is 2. The summed E-state index contributed by atoms with van der Waals surface area (Å²) in [5, 5.41) is 0. The Hall–Kier alpha value is -0.670. The fraction of sp³-hybridized carbons (Fsp3) is 0.923.